The molecule has 0 amide bonds. The standard InChI is InChI=1S/C20H24N4O2/c1-3-23-11-13-24(14-12-23)20-18(15-21)22-19(26-20)10-7-16-5-8-17(9-6-16)25-4-2/h5-10H,3-4,11-14H2,1-2H3/b10-7+. The van der Waals surface area contributed by atoms with E-state index in [4.69, 9.17) is 9.15 Å². The third-order valence-electron chi connectivity index (χ3n) is 4.45. The van der Waals surface area contributed by atoms with Crippen molar-refractivity contribution >= 4 is 18.0 Å². The van der Waals surface area contributed by atoms with Crippen molar-refractivity contribution in [3.63, 3.8) is 0 Å². The average Bonchev–Trinajstić information content (AvgIpc) is 3.11. The molecule has 1 aliphatic heterocycles. The Labute approximate surface area is 154 Å². The lowest BCUT2D eigenvalue weighted by Gasteiger charge is -2.33. The Bertz CT molecular complexity index is 781. The Morgan fingerprint density at radius 1 is 1.15 bits per heavy atom. The summed E-state index contributed by atoms with van der Waals surface area (Å²) in [6, 6.07) is 9.95. The predicted octanol–water partition coefficient (Wildman–Crippen LogP) is 3.26. The molecule has 2 aromatic rings. The summed E-state index contributed by atoms with van der Waals surface area (Å²) < 4.78 is 11.3. The lowest BCUT2D eigenvalue weighted by Crippen LogP contribution is -2.46. The molecule has 0 atom stereocenters. The summed E-state index contributed by atoms with van der Waals surface area (Å²) in [5.74, 6) is 1.87. The fraction of sp³-hybridized carbons (Fsp3) is 0.400. The molecule has 1 aromatic heterocycles. The van der Waals surface area contributed by atoms with Gasteiger partial charge in [0.15, 0.2) is 0 Å². The van der Waals surface area contributed by atoms with Gasteiger partial charge in [-0.05, 0) is 37.2 Å². The van der Waals surface area contributed by atoms with E-state index in [2.05, 4.69) is 27.8 Å². The maximum absolute atomic E-state index is 9.38. The Morgan fingerprint density at radius 2 is 1.88 bits per heavy atom. The molecule has 1 aliphatic rings. The number of benzene rings is 1. The van der Waals surface area contributed by atoms with Crippen LogP contribution in [0.2, 0.25) is 0 Å². The maximum Gasteiger partial charge on any atom is 0.235 e. The predicted molar refractivity (Wildman–Crippen MR) is 102 cm³/mol. The highest BCUT2D eigenvalue weighted by molar-refractivity contribution is 5.67. The van der Waals surface area contributed by atoms with E-state index in [1.165, 1.54) is 0 Å². The number of aromatic nitrogens is 1. The molecule has 0 bridgehead atoms. The quantitative estimate of drug-likeness (QED) is 0.795. The summed E-state index contributed by atoms with van der Waals surface area (Å²) in [5, 5.41) is 9.38. The van der Waals surface area contributed by atoms with Gasteiger partial charge in [-0.2, -0.15) is 10.2 Å². The molecular weight excluding hydrogens is 328 g/mol. The Morgan fingerprint density at radius 3 is 2.50 bits per heavy atom. The number of likely N-dealkylation sites (N-methyl/N-ethyl adjacent to an activating group) is 1. The van der Waals surface area contributed by atoms with Crippen LogP contribution in [0, 0.1) is 11.3 Å². The van der Waals surface area contributed by atoms with Crippen LogP contribution in [0.4, 0.5) is 5.88 Å². The highest BCUT2D eigenvalue weighted by Crippen LogP contribution is 2.24. The number of anilines is 1. The normalized spacial score (nSPS) is 15.3. The van der Waals surface area contributed by atoms with Gasteiger partial charge in [0.2, 0.25) is 17.5 Å². The molecule has 1 aromatic carbocycles. The van der Waals surface area contributed by atoms with Crippen molar-refractivity contribution in [3.05, 3.63) is 41.4 Å². The highest BCUT2D eigenvalue weighted by Gasteiger charge is 2.22. The molecule has 0 N–H and O–H groups in total. The summed E-state index contributed by atoms with van der Waals surface area (Å²) >= 11 is 0. The van der Waals surface area contributed by atoms with Gasteiger partial charge in [0, 0.05) is 32.3 Å². The van der Waals surface area contributed by atoms with E-state index in [0.29, 0.717) is 24.1 Å². The first-order valence-corrected chi connectivity index (χ1v) is 9.02. The fourth-order valence-corrected chi connectivity index (χ4v) is 2.96. The van der Waals surface area contributed by atoms with E-state index < -0.39 is 0 Å². The van der Waals surface area contributed by atoms with Crippen molar-refractivity contribution in [3.8, 4) is 11.8 Å². The molecule has 0 spiro atoms. The number of oxazole rings is 1. The monoisotopic (exact) mass is 352 g/mol. The molecule has 26 heavy (non-hydrogen) atoms. The number of nitrogens with zero attached hydrogens (tertiary/aromatic N) is 4. The zero-order valence-electron chi connectivity index (χ0n) is 15.3. The summed E-state index contributed by atoms with van der Waals surface area (Å²) in [6.45, 7) is 9.46. The smallest absolute Gasteiger partial charge is 0.235 e. The Kier molecular flexibility index (Phi) is 5.92. The molecule has 0 unspecified atom stereocenters. The van der Waals surface area contributed by atoms with Crippen LogP contribution >= 0.6 is 0 Å². The highest BCUT2D eigenvalue weighted by atomic mass is 16.5. The van der Waals surface area contributed by atoms with E-state index in [1.807, 2.05) is 37.3 Å². The number of hydrogen-bond donors (Lipinski definition) is 0. The van der Waals surface area contributed by atoms with Crippen LogP contribution in [0.5, 0.6) is 5.75 Å². The van der Waals surface area contributed by atoms with Crippen LogP contribution in [-0.4, -0.2) is 49.2 Å². The van der Waals surface area contributed by atoms with Crippen molar-refractivity contribution in [1.29, 1.82) is 5.26 Å². The van der Waals surface area contributed by atoms with Gasteiger partial charge in [0.05, 0.1) is 6.61 Å². The largest absolute Gasteiger partial charge is 0.494 e. The molecule has 3 rings (SSSR count). The first-order valence-electron chi connectivity index (χ1n) is 9.02. The lowest BCUT2D eigenvalue weighted by molar-refractivity contribution is 0.266. The molecule has 2 heterocycles. The zero-order valence-corrected chi connectivity index (χ0v) is 15.3. The maximum atomic E-state index is 9.38. The first-order chi connectivity index (χ1) is 12.7. The van der Waals surface area contributed by atoms with Gasteiger partial charge in [-0.15, -0.1) is 0 Å². The summed E-state index contributed by atoms with van der Waals surface area (Å²) in [6.07, 6.45) is 3.71. The van der Waals surface area contributed by atoms with Crippen molar-refractivity contribution < 1.29 is 9.15 Å². The Balaban J connectivity index is 1.71. The second-order valence-corrected chi connectivity index (χ2v) is 6.07. The second kappa shape index (κ2) is 8.54. The van der Waals surface area contributed by atoms with Crippen LogP contribution < -0.4 is 9.64 Å². The number of nitriles is 1. The second-order valence-electron chi connectivity index (χ2n) is 6.07. The molecule has 1 fully saturated rings. The van der Waals surface area contributed by atoms with Gasteiger partial charge in [0.25, 0.3) is 0 Å². The molecule has 6 heteroatoms. The topological polar surface area (TPSA) is 65.5 Å². The summed E-state index contributed by atoms with van der Waals surface area (Å²) in [4.78, 5) is 8.79. The van der Waals surface area contributed by atoms with E-state index >= 15 is 0 Å². The number of ether oxygens (including phenoxy) is 1. The van der Waals surface area contributed by atoms with Crippen LogP contribution in [0.1, 0.15) is 31.0 Å². The zero-order chi connectivity index (χ0) is 18.4. The van der Waals surface area contributed by atoms with Crippen LogP contribution in [-0.2, 0) is 0 Å². The van der Waals surface area contributed by atoms with Gasteiger partial charge in [-0.25, -0.2) is 0 Å². The molecule has 0 saturated carbocycles. The van der Waals surface area contributed by atoms with Gasteiger partial charge in [-0.3, -0.25) is 0 Å². The van der Waals surface area contributed by atoms with Crippen LogP contribution in [0.15, 0.2) is 28.7 Å². The Hall–Kier alpha value is -2.78. The minimum Gasteiger partial charge on any atom is -0.494 e. The third kappa shape index (κ3) is 4.24. The number of piperazine rings is 1. The summed E-state index contributed by atoms with van der Waals surface area (Å²) in [7, 11) is 0. The minimum atomic E-state index is 0.348. The first kappa shape index (κ1) is 18.0. The number of rotatable bonds is 6. The molecule has 0 radical (unpaired) electrons. The van der Waals surface area contributed by atoms with Crippen molar-refractivity contribution in [1.82, 2.24) is 9.88 Å². The van der Waals surface area contributed by atoms with Crippen molar-refractivity contribution in [2.24, 2.45) is 0 Å². The van der Waals surface area contributed by atoms with Crippen LogP contribution in [0.3, 0.4) is 0 Å². The molecule has 6 nitrogen and oxygen atoms in total. The number of hydrogen-bond acceptors (Lipinski definition) is 6. The third-order valence-corrected chi connectivity index (χ3v) is 4.45. The molecule has 136 valence electrons. The van der Waals surface area contributed by atoms with Gasteiger partial charge in [0.1, 0.15) is 11.8 Å². The molecular formula is C20H24N4O2. The van der Waals surface area contributed by atoms with E-state index in [1.54, 1.807) is 6.08 Å². The van der Waals surface area contributed by atoms with Gasteiger partial charge >= 0.3 is 0 Å². The fourth-order valence-electron chi connectivity index (χ4n) is 2.96. The van der Waals surface area contributed by atoms with Crippen molar-refractivity contribution in [2.75, 3.05) is 44.2 Å². The minimum absolute atomic E-state index is 0.348. The molecule has 0 aliphatic carbocycles. The lowest BCUT2D eigenvalue weighted by atomic mass is 10.2. The summed E-state index contributed by atoms with van der Waals surface area (Å²) in [5.41, 5.74) is 1.37. The van der Waals surface area contributed by atoms with Crippen molar-refractivity contribution in [2.45, 2.75) is 13.8 Å². The van der Waals surface area contributed by atoms with Gasteiger partial charge in [-0.1, -0.05) is 19.1 Å². The van der Waals surface area contributed by atoms with E-state index in [-0.39, 0.29) is 0 Å². The van der Waals surface area contributed by atoms with E-state index in [9.17, 15) is 5.26 Å². The van der Waals surface area contributed by atoms with Gasteiger partial charge < -0.3 is 19.0 Å². The average molecular weight is 352 g/mol. The SMILES string of the molecule is CCOc1ccc(/C=C/c2nc(C#N)c(N3CCN(CC)CC3)o2)cc1. The van der Waals surface area contributed by atoms with Crippen LogP contribution in [0.25, 0.3) is 12.2 Å². The molecule has 1 saturated heterocycles. The van der Waals surface area contributed by atoms with E-state index in [0.717, 1.165) is 44.0 Å².